The summed E-state index contributed by atoms with van der Waals surface area (Å²) in [5.41, 5.74) is 8.53. The molecule has 0 aliphatic heterocycles. The standard InChI is InChI=1S/2C16H11N2.C12H6O.2Pt/c2*1-3-10-17-15(8-1)13-6-5-7-14(12-13)16-9-2-4-11-18-16;1-2-4-10-8-12-11(5-6-13-12)7-9(10)3-1;;/h2*1-11H;1-2,4,6-8H;;/q2*-1;-2;2*+2. The van der Waals surface area contributed by atoms with Gasteiger partial charge in [0.1, 0.15) is 0 Å². The first kappa shape index (κ1) is 36.9. The topological polar surface area (TPSA) is 64.7 Å². The molecular weight excluding hydrogens is 991 g/mol. The Morgan fingerprint density at radius 1 is 0.412 bits per heavy atom. The fourth-order valence-electron chi connectivity index (χ4n) is 5.14. The van der Waals surface area contributed by atoms with E-state index in [1.807, 2.05) is 140 Å². The van der Waals surface area contributed by atoms with Crippen molar-refractivity contribution in [2.75, 3.05) is 0 Å². The summed E-state index contributed by atoms with van der Waals surface area (Å²) >= 11 is 0. The Morgan fingerprint density at radius 3 is 1.27 bits per heavy atom. The molecule has 4 aromatic carbocycles. The van der Waals surface area contributed by atoms with Crippen molar-refractivity contribution in [1.29, 1.82) is 0 Å². The molecule has 250 valence electrons. The number of fused-ring (bicyclic) bond motifs is 2. The van der Waals surface area contributed by atoms with Gasteiger partial charge in [-0.05, 0) is 24.3 Å². The zero-order valence-electron chi connectivity index (χ0n) is 27.0. The van der Waals surface area contributed by atoms with Gasteiger partial charge in [-0.25, -0.2) is 0 Å². The van der Waals surface area contributed by atoms with E-state index in [9.17, 15) is 0 Å². The minimum atomic E-state index is 0. The average Bonchev–Trinajstić information content (AvgIpc) is 3.66. The summed E-state index contributed by atoms with van der Waals surface area (Å²) < 4.78 is 5.26. The Morgan fingerprint density at radius 2 is 0.863 bits per heavy atom. The van der Waals surface area contributed by atoms with Crippen molar-refractivity contribution in [3.63, 3.8) is 0 Å². The van der Waals surface area contributed by atoms with E-state index in [1.165, 1.54) is 0 Å². The molecule has 5 heterocycles. The van der Waals surface area contributed by atoms with Gasteiger partial charge in [-0.15, -0.1) is 95.7 Å². The summed E-state index contributed by atoms with van der Waals surface area (Å²) in [5, 5.41) is 3.26. The normalized spacial score (nSPS) is 10.0. The van der Waals surface area contributed by atoms with Crippen LogP contribution in [0.25, 0.3) is 66.8 Å². The van der Waals surface area contributed by atoms with Crippen molar-refractivity contribution in [3.8, 4) is 45.0 Å². The van der Waals surface area contributed by atoms with E-state index in [0.717, 1.165) is 66.8 Å². The van der Waals surface area contributed by atoms with E-state index in [-0.39, 0.29) is 42.1 Å². The van der Waals surface area contributed by atoms with Gasteiger partial charge >= 0.3 is 42.1 Å². The fraction of sp³-hybridized carbons (Fsp3) is 0. The minimum absolute atomic E-state index is 0. The number of rotatable bonds is 4. The molecule has 0 radical (unpaired) electrons. The summed E-state index contributed by atoms with van der Waals surface area (Å²) in [6.07, 6.45) is 8.74. The van der Waals surface area contributed by atoms with Gasteiger partial charge in [0.15, 0.2) is 0 Å². The first-order chi connectivity index (χ1) is 24.3. The largest absolute Gasteiger partial charge is 2.00 e. The number of nitrogens with zero attached hydrogens (tertiary/aromatic N) is 4. The number of pyridine rings is 4. The number of hydrogen-bond donors (Lipinski definition) is 0. The van der Waals surface area contributed by atoms with Crippen LogP contribution in [0.5, 0.6) is 0 Å². The minimum Gasteiger partial charge on any atom is -0.536 e. The average molecular weight is 1020 g/mol. The summed E-state index contributed by atoms with van der Waals surface area (Å²) in [6, 6.07) is 58.4. The van der Waals surface area contributed by atoms with Crippen molar-refractivity contribution in [2.24, 2.45) is 0 Å². The Labute approximate surface area is 326 Å². The molecule has 0 spiro atoms. The van der Waals surface area contributed by atoms with Crippen LogP contribution < -0.4 is 0 Å². The zero-order chi connectivity index (χ0) is 33.1. The second-order valence-electron chi connectivity index (χ2n) is 10.8. The molecule has 9 rings (SSSR count). The molecule has 51 heavy (non-hydrogen) atoms. The molecule has 0 aliphatic carbocycles. The molecule has 0 N–H and O–H groups in total. The van der Waals surface area contributed by atoms with Crippen LogP contribution in [-0.4, -0.2) is 19.9 Å². The van der Waals surface area contributed by atoms with Crippen molar-refractivity contribution in [3.05, 3.63) is 195 Å². The molecule has 0 aliphatic rings. The molecule has 9 aromatic rings. The Balaban J connectivity index is 0.000000147. The Kier molecular flexibility index (Phi) is 13.5. The third-order valence-electron chi connectivity index (χ3n) is 7.52. The number of hydrogen-bond acceptors (Lipinski definition) is 5. The van der Waals surface area contributed by atoms with Crippen LogP contribution in [0.3, 0.4) is 0 Å². The van der Waals surface area contributed by atoms with Gasteiger partial charge in [0.2, 0.25) is 0 Å². The maximum absolute atomic E-state index is 5.26. The molecular formula is C44H28N4OPt2. The molecule has 5 nitrogen and oxygen atoms in total. The maximum atomic E-state index is 5.26. The second-order valence-corrected chi connectivity index (χ2v) is 10.8. The van der Waals surface area contributed by atoms with E-state index in [2.05, 4.69) is 44.2 Å². The van der Waals surface area contributed by atoms with Gasteiger partial charge in [-0.2, -0.15) is 11.5 Å². The molecule has 0 unspecified atom stereocenters. The van der Waals surface area contributed by atoms with E-state index in [0.29, 0.717) is 0 Å². The first-order valence-electron chi connectivity index (χ1n) is 15.7. The van der Waals surface area contributed by atoms with Crippen molar-refractivity contribution in [2.45, 2.75) is 0 Å². The van der Waals surface area contributed by atoms with Crippen LogP contribution in [-0.2, 0) is 42.1 Å². The van der Waals surface area contributed by atoms with Crippen LogP contribution >= 0.6 is 0 Å². The van der Waals surface area contributed by atoms with Gasteiger partial charge < -0.3 is 4.42 Å². The third-order valence-corrected chi connectivity index (χ3v) is 7.52. The SMILES string of the molecule is [Pt+2].[Pt+2].[c-]1c(-c2ccccn2)cccc1-c1ccccn1.[c-]1c(-c2ccccn2)cccc1-c1ccccn1.[c-]1cccc2cc3oc[c-]c3cc12. The van der Waals surface area contributed by atoms with Crippen molar-refractivity contribution < 1.29 is 46.5 Å². The predicted molar refractivity (Wildman–Crippen MR) is 195 cm³/mol. The van der Waals surface area contributed by atoms with Gasteiger partial charge in [-0.1, -0.05) is 70.8 Å². The van der Waals surface area contributed by atoms with Gasteiger partial charge in [0, 0.05) is 59.4 Å². The third kappa shape index (κ3) is 9.67. The van der Waals surface area contributed by atoms with Crippen LogP contribution in [0.2, 0.25) is 0 Å². The molecule has 5 aromatic heterocycles. The van der Waals surface area contributed by atoms with Crippen LogP contribution in [0.15, 0.2) is 175 Å². The monoisotopic (exact) mass is 1020 g/mol. The molecule has 0 amide bonds. The van der Waals surface area contributed by atoms with Gasteiger partial charge in [0.25, 0.3) is 0 Å². The molecule has 0 saturated heterocycles. The van der Waals surface area contributed by atoms with Crippen LogP contribution in [0.1, 0.15) is 0 Å². The summed E-state index contributed by atoms with van der Waals surface area (Å²) in [5.74, 6) is 0. The van der Waals surface area contributed by atoms with Crippen LogP contribution in [0, 0.1) is 24.3 Å². The molecule has 0 atom stereocenters. The molecule has 0 bridgehead atoms. The molecule has 7 heteroatoms. The van der Waals surface area contributed by atoms with Crippen molar-refractivity contribution >= 4 is 21.7 Å². The molecule has 0 fully saturated rings. The Bertz CT molecular complexity index is 2110. The van der Waals surface area contributed by atoms with E-state index in [1.54, 1.807) is 31.1 Å². The van der Waals surface area contributed by atoms with Crippen molar-refractivity contribution in [1.82, 2.24) is 19.9 Å². The quantitative estimate of drug-likeness (QED) is 0.164. The summed E-state index contributed by atoms with van der Waals surface area (Å²) in [4.78, 5) is 17.3. The predicted octanol–water partition coefficient (Wildman–Crippen LogP) is 10.4. The fourth-order valence-corrected chi connectivity index (χ4v) is 5.14. The Hall–Kier alpha value is -5.34. The van der Waals surface area contributed by atoms with Gasteiger partial charge in [-0.3, -0.25) is 19.9 Å². The van der Waals surface area contributed by atoms with E-state index >= 15 is 0 Å². The van der Waals surface area contributed by atoms with Gasteiger partial charge in [0.05, 0.1) is 0 Å². The summed E-state index contributed by atoms with van der Waals surface area (Å²) in [7, 11) is 0. The number of furan rings is 1. The maximum Gasteiger partial charge on any atom is 2.00 e. The van der Waals surface area contributed by atoms with E-state index in [4.69, 9.17) is 4.42 Å². The zero-order valence-corrected chi connectivity index (χ0v) is 31.5. The smallest absolute Gasteiger partial charge is 0.536 e. The van der Waals surface area contributed by atoms with E-state index < -0.39 is 0 Å². The first-order valence-corrected chi connectivity index (χ1v) is 15.7. The molecule has 0 saturated carbocycles. The number of aromatic nitrogens is 4. The van der Waals surface area contributed by atoms with Crippen LogP contribution in [0.4, 0.5) is 0 Å². The number of benzene rings is 4. The summed E-state index contributed by atoms with van der Waals surface area (Å²) in [6.45, 7) is 0. The second kappa shape index (κ2) is 18.6.